The average Bonchev–Trinajstić information content (AvgIpc) is 3.37. The Kier molecular flexibility index (Phi) is 56.3. The quantitative estimate of drug-likeness (QED) is 0.0261. The Bertz CT molecular complexity index is 1370. The van der Waals surface area contributed by atoms with E-state index in [2.05, 4.69) is 106 Å². The number of hydrogen-bond donors (Lipinski definition) is 0. The highest BCUT2D eigenvalue weighted by atomic mass is 16.6. The van der Waals surface area contributed by atoms with E-state index in [1.807, 2.05) is 0 Å². The number of hydrogen-bond acceptors (Lipinski definition) is 6. The summed E-state index contributed by atoms with van der Waals surface area (Å²) in [5.41, 5.74) is 0. The van der Waals surface area contributed by atoms with E-state index in [0.717, 1.165) is 109 Å². The van der Waals surface area contributed by atoms with Crippen LogP contribution in [-0.4, -0.2) is 37.2 Å². The number of unbranched alkanes of at least 4 members (excludes halogenated alkanes) is 29. The fourth-order valence-electron chi connectivity index (χ4n) is 8.38. The van der Waals surface area contributed by atoms with Crippen LogP contribution in [-0.2, 0) is 28.6 Å². The fraction of sp³-hybridized carbons (Fsp3) is 0.738. The highest BCUT2D eigenvalue weighted by molar-refractivity contribution is 5.71. The van der Waals surface area contributed by atoms with E-state index in [0.29, 0.717) is 19.3 Å². The van der Waals surface area contributed by atoms with E-state index in [1.54, 1.807) is 0 Å². The smallest absolute Gasteiger partial charge is 0.306 e. The molecule has 408 valence electrons. The van der Waals surface area contributed by atoms with Crippen LogP contribution in [0.1, 0.15) is 290 Å². The van der Waals surface area contributed by atoms with Gasteiger partial charge in [-0.1, -0.05) is 260 Å². The highest BCUT2D eigenvalue weighted by Gasteiger charge is 2.19. The van der Waals surface area contributed by atoms with Crippen molar-refractivity contribution in [3.05, 3.63) is 85.1 Å². The lowest BCUT2D eigenvalue weighted by atomic mass is 10.0. The Morgan fingerprint density at radius 2 is 0.549 bits per heavy atom. The van der Waals surface area contributed by atoms with Gasteiger partial charge in [0.2, 0.25) is 0 Å². The van der Waals surface area contributed by atoms with Gasteiger partial charge in [0.15, 0.2) is 6.10 Å². The summed E-state index contributed by atoms with van der Waals surface area (Å²) in [6.07, 6.45) is 77.4. The number of allylic oxidation sites excluding steroid dienone is 14. The molecule has 0 aliphatic rings. The Morgan fingerprint density at radius 3 is 0.901 bits per heavy atom. The second-order valence-corrected chi connectivity index (χ2v) is 19.9. The number of rotatable bonds is 54. The number of carbonyl (C=O) groups excluding carboxylic acids is 3. The van der Waals surface area contributed by atoms with Gasteiger partial charge in [0.25, 0.3) is 0 Å². The van der Waals surface area contributed by atoms with Crippen LogP contribution in [0.4, 0.5) is 0 Å². The van der Waals surface area contributed by atoms with Crippen LogP contribution in [0, 0.1) is 0 Å². The van der Waals surface area contributed by atoms with Gasteiger partial charge in [0.1, 0.15) is 13.2 Å². The molecule has 0 saturated carbocycles. The monoisotopic (exact) mass is 989 g/mol. The van der Waals surface area contributed by atoms with Crippen molar-refractivity contribution in [2.75, 3.05) is 13.2 Å². The third kappa shape index (κ3) is 57.4. The molecule has 0 amide bonds. The SMILES string of the molecule is CC/C=C\C/C=C\C/C=C\C/C=C\C/C=C\C/C=C\CCCCCCCCCCCCCCC(=O)OCC(COC(=O)CCCCCCCCCCCC)OC(=O)CCCCCCC/C=C\CCCCC. The Labute approximate surface area is 439 Å². The summed E-state index contributed by atoms with van der Waals surface area (Å²) < 4.78 is 16.8. The molecule has 1 atom stereocenters. The zero-order valence-electron chi connectivity index (χ0n) is 46.7. The van der Waals surface area contributed by atoms with E-state index < -0.39 is 6.10 Å². The molecule has 0 aromatic carbocycles. The van der Waals surface area contributed by atoms with Gasteiger partial charge >= 0.3 is 17.9 Å². The molecule has 6 nitrogen and oxygen atoms in total. The van der Waals surface area contributed by atoms with Crippen LogP contribution in [0.5, 0.6) is 0 Å². The maximum Gasteiger partial charge on any atom is 0.306 e. The second kappa shape index (κ2) is 59.2. The molecule has 0 rings (SSSR count). The zero-order chi connectivity index (χ0) is 51.4. The average molecular weight is 990 g/mol. The molecule has 0 aromatic rings. The van der Waals surface area contributed by atoms with Crippen molar-refractivity contribution in [2.45, 2.75) is 297 Å². The van der Waals surface area contributed by atoms with Crippen LogP contribution in [0.15, 0.2) is 85.1 Å². The van der Waals surface area contributed by atoms with Crippen LogP contribution in [0.3, 0.4) is 0 Å². The Morgan fingerprint density at radius 1 is 0.296 bits per heavy atom. The normalized spacial score (nSPS) is 12.7. The zero-order valence-corrected chi connectivity index (χ0v) is 46.7. The molecular formula is C65H112O6. The van der Waals surface area contributed by atoms with Crippen LogP contribution >= 0.6 is 0 Å². The number of ether oxygens (including phenoxy) is 3. The van der Waals surface area contributed by atoms with Crippen molar-refractivity contribution in [3.8, 4) is 0 Å². The molecule has 0 fully saturated rings. The first-order valence-electron chi connectivity index (χ1n) is 30.1. The van der Waals surface area contributed by atoms with Gasteiger partial charge in [0.05, 0.1) is 0 Å². The Hall–Kier alpha value is -3.41. The lowest BCUT2D eigenvalue weighted by Crippen LogP contribution is -2.30. The van der Waals surface area contributed by atoms with Crippen LogP contribution in [0.25, 0.3) is 0 Å². The van der Waals surface area contributed by atoms with E-state index in [4.69, 9.17) is 14.2 Å². The van der Waals surface area contributed by atoms with Crippen LogP contribution < -0.4 is 0 Å². The lowest BCUT2D eigenvalue weighted by molar-refractivity contribution is -0.167. The van der Waals surface area contributed by atoms with Crippen molar-refractivity contribution in [1.82, 2.24) is 0 Å². The maximum atomic E-state index is 12.8. The van der Waals surface area contributed by atoms with E-state index in [9.17, 15) is 14.4 Å². The number of esters is 3. The molecule has 0 radical (unpaired) electrons. The van der Waals surface area contributed by atoms with Gasteiger partial charge in [-0.05, 0) is 96.3 Å². The van der Waals surface area contributed by atoms with Gasteiger partial charge < -0.3 is 14.2 Å². The number of carbonyl (C=O) groups is 3. The van der Waals surface area contributed by atoms with Gasteiger partial charge in [-0.15, -0.1) is 0 Å². The largest absolute Gasteiger partial charge is 0.462 e. The summed E-state index contributed by atoms with van der Waals surface area (Å²) in [5.74, 6) is -0.883. The fourth-order valence-corrected chi connectivity index (χ4v) is 8.38. The Balaban J connectivity index is 4.13. The molecule has 0 saturated heterocycles. The molecule has 6 heteroatoms. The minimum Gasteiger partial charge on any atom is -0.462 e. The third-order valence-corrected chi connectivity index (χ3v) is 12.9. The lowest BCUT2D eigenvalue weighted by Gasteiger charge is -2.18. The molecule has 0 bridgehead atoms. The van der Waals surface area contributed by atoms with Crippen molar-refractivity contribution < 1.29 is 28.6 Å². The molecule has 0 aromatic heterocycles. The minimum atomic E-state index is -0.777. The van der Waals surface area contributed by atoms with Crippen molar-refractivity contribution in [3.63, 3.8) is 0 Å². The van der Waals surface area contributed by atoms with Gasteiger partial charge in [-0.2, -0.15) is 0 Å². The molecule has 71 heavy (non-hydrogen) atoms. The van der Waals surface area contributed by atoms with E-state index in [1.165, 1.54) is 141 Å². The van der Waals surface area contributed by atoms with Crippen LogP contribution in [0.2, 0.25) is 0 Å². The minimum absolute atomic E-state index is 0.0767. The molecule has 0 N–H and O–H groups in total. The first kappa shape index (κ1) is 67.6. The molecule has 0 heterocycles. The predicted molar refractivity (Wildman–Crippen MR) is 307 cm³/mol. The predicted octanol–water partition coefficient (Wildman–Crippen LogP) is 20.3. The summed E-state index contributed by atoms with van der Waals surface area (Å²) in [5, 5.41) is 0. The molecule has 1 unspecified atom stereocenters. The van der Waals surface area contributed by atoms with Gasteiger partial charge in [0, 0.05) is 19.3 Å². The van der Waals surface area contributed by atoms with Crippen molar-refractivity contribution in [1.29, 1.82) is 0 Å². The van der Waals surface area contributed by atoms with Gasteiger partial charge in [-0.3, -0.25) is 14.4 Å². The summed E-state index contributed by atoms with van der Waals surface area (Å²) in [7, 11) is 0. The molecule has 0 spiro atoms. The van der Waals surface area contributed by atoms with Gasteiger partial charge in [-0.25, -0.2) is 0 Å². The highest BCUT2D eigenvalue weighted by Crippen LogP contribution is 2.16. The first-order valence-corrected chi connectivity index (χ1v) is 30.1. The second-order valence-electron chi connectivity index (χ2n) is 19.9. The summed E-state index contributed by atoms with van der Waals surface area (Å²) in [4.78, 5) is 38.0. The summed E-state index contributed by atoms with van der Waals surface area (Å²) in [6, 6.07) is 0. The topological polar surface area (TPSA) is 78.9 Å². The molecule has 0 aliphatic heterocycles. The summed E-state index contributed by atoms with van der Waals surface area (Å²) >= 11 is 0. The maximum absolute atomic E-state index is 12.8. The molecular weight excluding hydrogens is 877 g/mol. The first-order chi connectivity index (χ1) is 35.0. The summed E-state index contributed by atoms with van der Waals surface area (Å²) in [6.45, 7) is 6.49. The third-order valence-electron chi connectivity index (χ3n) is 12.9. The standard InChI is InChI=1S/C65H112O6/c1-4-7-10-13-16-19-22-24-25-26-27-28-29-30-31-32-33-34-35-36-37-38-39-40-41-42-44-46-49-52-55-58-64(67)70-61-62(60-69-63(66)57-54-51-48-45-21-18-15-12-9-6-3)71-65(68)59-56-53-50-47-43-23-20-17-14-11-8-5-2/h7,10,16-17,19-20,24-25,27-28,30-31,33-34,62H,4-6,8-9,11-15,18,21-23,26,29,32,35-61H2,1-3H3/b10-7-,19-16-,20-17-,25-24-,28-27-,31-30-,34-33-. The van der Waals surface area contributed by atoms with E-state index in [-0.39, 0.29) is 31.1 Å². The molecule has 0 aliphatic carbocycles. The van der Waals surface area contributed by atoms with Crippen molar-refractivity contribution >= 4 is 17.9 Å². The van der Waals surface area contributed by atoms with E-state index >= 15 is 0 Å². The van der Waals surface area contributed by atoms with Crippen molar-refractivity contribution in [2.24, 2.45) is 0 Å².